The Labute approximate surface area is 177 Å². The number of aromatic nitrogens is 4. The number of carboxylic acid groups (broad SMARTS) is 1. The van der Waals surface area contributed by atoms with Gasteiger partial charge in [0.15, 0.2) is 12.0 Å². The average molecular weight is 416 g/mol. The van der Waals surface area contributed by atoms with Crippen molar-refractivity contribution in [3.8, 4) is 0 Å². The van der Waals surface area contributed by atoms with Gasteiger partial charge in [0.1, 0.15) is 5.56 Å². The van der Waals surface area contributed by atoms with Crippen molar-refractivity contribution in [2.45, 2.75) is 25.7 Å². The zero-order valence-electron chi connectivity index (χ0n) is 16.9. The van der Waals surface area contributed by atoms with Crippen LogP contribution in [0.1, 0.15) is 41.6 Å². The van der Waals surface area contributed by atoms with Crippen LogP contribution in [0.15, 0.2) is 54.9 Å². The summed E-state index contributed by atoms with van der Waals surface area (Å²) in [4.78, 5) is 20.3. The summed E-state index contributed by atoms with van der Waals surface area (Å²) >= 11 is 0. The second-order valence-corrected chi connectivity index (χ2v) is 7.80. The van der Waals surface area contributed by atoms with Crippen LogP contribution in [0.4, 0.5) is 17.5 Å². The maximum Gasteiger partial charge on any atom is 0.341 e. The van der Waals surface area contributed by atoms with Crippen molar-refractivity contribution in [3.05, 3.63) is 71.5 Å². The van der Waals surface area contributed by atoms with E-state index in [0.717, 1.165) is 22.0 Å². The molecule has 31 heavy (non-hydrogen) atoms. The Hall–Kier alpha value is -3.98. The molecular weight excluding hydrogens is 396 g/mol. The van der Waals surface area contributed by atoms with Crippen molar-refractivity contribution < 1.29 is 14.6 Å². The monoisotopic (exact) mass is 416 g/mol. The summed E-state index contributed by atoms with van der Waals surface area (Å²) in [6.45, 7) is 4.00. The van der Waals surface area contributed by atoms with E-state index >= 15 is 0 Å². The number of nitrogens with one attached hydrogen (secondary N) is 3. The van der Waals surface area contributed by atoms with Gasteiger partial charge in [-0.15, -0.1) is 0 Å². The first-order valence-electron chi connectivity index (χ1n) is 9.75. The maximum absolute atomic E-state index is 11.7. The van der Waals surface area contributed by atoms with Crippen LogP contribution in [-0.2, 0) is 10.3 Å². The van der Waals surface area contributed by atoms with E-state index in [9.17, 15) is 9.90 Å². The van der Waals surface area contributed by atoms with Crippen LogP contribution in [0.3, 0.4) is 0 Å². The molecule has 9 heteroatoms. The fourth-order valence-electron chi connectivity index (χ4n) is 3.78. The molecule has 9 nitrogen and oxygen atoms in total. The topological polar surface area (TPSA) is 125 Å². The number of aromatic carboxylic acids is 1. The number of anilines is 3. The molecule has 0 radical (unpaired) electrons. The zero-order chi connectivity index (χ0) is 21.6. The van der Waals surface area contributed by atoms with Crippen molar-refractivity contribution >= 4 is 34.3 Å². The molecule has 4 N–H and O–H groups in total. The maximum atomic E-state index is 11.7. The SMILES string of the molecule is CC1(C)OC(Nc2ncc(C(=O)O)c(Nc3ccc4[nH]ncc4c3)n2)c2ccccc21. The summed E-state index contributed by atoms with van der Waals surface area (Å²) in [7, 11) is 0. The quantitative estimate of drug-likeness (QED) is 0.382. The third-order valence-electron chi connectivity index (χ3n) is 5.29. The standard InChI is InChI=1S/C22H20N6O3/c1-22(2)16-6-4-3-5-14(16)19(31-22)27-21-23-11-15(20(29)30)18(26-21)25-13-7-8-17-12(9-13)10-24-28-17/h3-11,19H,1-2H3,(H,24,28)(H,29,30)(H2,23,25,26,27). The van der Waals surface area contributed by atoms with Gasteiger partial charge in [-0.1, -0.05) is 24.3 Å². The number of ether oxygens (including phenoxy) is 1. The van der Waals surface area contributed by atoms with Crippen molar-refractivity contribution in [3.63, 3.8) is 0 Å². The van der Waals surface area contributed by atoms with E-state index in [2.05, 4.69) is 30.8 Å². The van der Waals surface area contributed by atoms with Gasteiger partial charge in [0.05, 0.1) is 17.3 Å². The number of H-pyrrole nitrogens is 1. The second kappa shape index (κ2) is 7.06. The van der Waals surface area contributed by atoms with Crippen molar-refractivity contribution in [2.24, 2.45) is 0 Å². The number of benzene rings is 2. The molecule has 0 saturated heterocycles. The van der Waals surface area contributed by atoms with Crippen molar-refractivity contribution in [1.29, 1.82) is 0 Å². The first-order valence-corrected chi connectivity index (χ1v) is 9.75. The lowest BCUT2D eigenvalue weighted by atomic mass is 9.96. The van der Waals surface area contributed by atoms with E-state index in [0.29, 0.717) is 5.69 Å². The molecule has 3 heterocycles. The smallest absolute Gasteiger partial charge is 0.341 e. The minimum Gasteiger partial charge on any atom is -0.477 e. The number of carbonyl (C=O) groups is 1. The first-order chi connectivity index (χ1) is 14.9. The highest BCUT2D eigenvalue weighted by Crippen LogP contribution is 2.42. The van der Waals surface area contributed by atoms with Crippen LogP contribution < -0.4 is 10.6 Å². The summed E-state index contributed by atoms with van der Waals surface area (Å²) in [5, 5.41) is 23.6. The minimum atomic E-state index is -1.12. The summed E-state index contributed by atoms with van der Waals surface area (Å²) in [6.07, 6.45) is 2.53. The van der Waals surface area contributed by atoms with Gasteiger partial charge in [0.25, 0.3) is 0 Å². The number of hydrogen-bond donors (Lipinski definition) is 4. The number of hydrogen-bond acceptors (Lipinski definition) is 7. The Morgan fingerprint density at radius 2 is 2.03 bits per heavy atom. The highest BCUT2D eigenvalue weighted by atomic mass is 16.5. The van der Waals surface area contributed by atoms with Crippen LogP contribution in [0.25, 0.3) is 10.9 Å². The average Bonchev–Trinajstić information content (AvgIpc) is 3.30. The van der Waals surface area contributed by atoms with Crippen LogP contribution >= 0.6 is 0 Å². The summed E-state index contributed by atoms with van der Waals surface area (Å²) in [5.74, 6) is -0.685. The number of carboxylic acids is 1. The summed E-state index contributed by atoms with van der Waals surface area (Å²) in [6, 6.07) is 13.5. The fourth-order valence-corrected chi connectivity index (χ4v) is 3.78. The number of aromatic amines is 1. The lowest BCUT2D eigenvalue weighted by molar-refractivity contribution is -0.0396. The first kappa shape index (κ1) is 19.0. The zero-order valence-corrected chi connectivity index (χ0v) is 16.9. The third-order valence-corrected chi connectivity index (χ3v) is 5.29. The van der Waals surface area contributed by atoms with Crippen LogP contribution in [0.5, 0.6) is 0 Å². The van der Waals surface area contributed by atoms with Crippen molar-refractivity contribution in [2.75, 3.05) is 10.6 Å². The molecule has 0 saturated carbocycles. The van der Waals surface area contributed by atoms with E-state index in [1.807, 2.05) is 56.3 Å². The Morgan fingerprint density at radius 3 is 2.87 bits per heavy atom. The van der Waals surface area contributed by atoms with E-state index in [-0.39, 0.29) is 17.3 Å². The molecule has 0 amide bonds. The molecule has 2 aromatic heterocycles. The Balaban J connectivity index is 1.46. The molecule has 1 aliphatic rings. The van der Waals surface area contributed by atoms with Crippen molar-refractivity contribution in [1.82, 2.24) is 20.2 Å². The number of rotatable bonds is 5. The molecule has 1 atom stereocenters. The third kappa shape index (κ3) is 3.44. The second-order valence-electron chi connectivity index (χ2n) is 7.80. The predicted molar refractivity (Wildman–Crippen MR) is 115 cm³/mol. The molecule has 2 aromatic carbocycles. The molecule has 1 aliphatic heterocycles. The highest BCUT2D eigenvalue weighted by Gasteiger charge is 2.37. The van der Waals surface area contributed by atoms with Gasteiger partial charge in [0, 0.05) is 22.8 Å². The molecule has 156 valence electrons. The number of nitrogens with zero attached hydrogens (tertiary/aromatic N) is 3. The molecule has 5 rings (SSSR count). The predicted octanol–water partition coefficient (Wildman–Crippen LogP) is 4.17. The van der Waals surface area contributed by atoms with E-state index < -0.39 is 17.8 Å². The fraction of sp³-hybridized carbons (Fsp3) is 0.182. The Morgan fingerprint density at radius 1 is 1.19 bits per heavy atom. The minimum absolute atomic E-state index is 0.0362. The lowest BCUT2D eigenvalue weighted by Crippen LogP contribution is -2.19. The molecule has 0 aliphatic carbocycles. The summed E-state index contributed by atoms with van der Waals surface area (Å²) < 4.78 is 6.16. The normalized spacial score (nSPS) is 16.8. The largest absolute Gasteiger partial charge is 0.477 e. The van der Waals surface area contributed by atoms with Gasteiger partial charge in [0.2, 0.25) is 5.95 Å². The highest BCUT2D eigenvalue weighted by molar-refractivity contribution is 5.94. The molecule has 0 spiro atoms. The van der Waals surface area contributed by atoms with E-state index in [1.165, 1.54) is 6.20 Å². The van der Waals surface area contributed by atoms with Gasteiger partial charge >= 0.3 is 5.97 Å². The van der Waals surface area contributed by atoms with Crippen LogP contribution in [-0.4, -0.2) is 31.2 Å². The Kier molecular flexibility index (Phi) is 4.33. The lowest BCUT2D eigenvalue weighted by Gasteiger charge is -2.21. The Bertz CT molecular complexity index is 1300. The number of fused-ring (bicyclic) bond motifs is 2. The molecular formula is C22H20N6O3. The van der Waals surface area contributed by atoms with Gasteiger partial charge in [-0.3, -0.25) is 5.10 Å². The molecule has 4 aromatic rings. The van der Waals surface area contributed by atoms with Gasteiger partial charge in [-0.25, -0.2) is 9.78 Å². The molecule has 0 fully saturated rings. The van der Waals surface area contributed by atoms with Gasteiger partial charge in [-0.05, 0) is 37.6 Å². The molecule has 1 unspecified atom stereocenters. The van der Waals surface area contributed by atoms with E-state index in [1.54, 1.807) is 6.20 Å². The van der Waals surface area contributed by atoms with Gasteiger partial charge in [-0.2, -0.15) is 10.1 Å². The van der Waals surface area contributed by atoms with Crippen LogP contribution in [0, 0.1) is 0 Å². The summed E-state index contributed by atoms with van der Waals surface area (Å²) in [5.41, 5.74) is 3.15. The molecule has 0 bridgehead atoms. The van der Waals surface area contributed by atoms with Crippen LogP contribution in [0.2, 0.25) is 0 Å². The van der Waals surface area contributed by atoms with Gasteiger partial charge < -0.3 is 20.5 Å². The van der Waals surface area contributed by atoms with E-state index in [4.69, 9.17) is 4.74 Å².